The lowest BCUT2D eigenvalue weighted by Crippen LogP contribution is -2.41. The van der Waals surface area contributed by atoms with Gasteiger partial charge in [0.2, 0.25) is 11.8 Å². The number of rotatable bonds is 6. The second kappa shape index (κ2) is 8.44. The van der Waals surface area contributed by atoms with E-state index in [-0.39, 0.29) is 0 Å². The molecule has 0 aliphatic carbocycles. The molecule has 0 aliphatic rings. The fourth-order valence-electron chi connectivity index (χ4n) is 2.54. The van der Waals surface area contributed by atoms with Crippen molar-refractivity contribution in [2.24, 2.45) is 5.41 Å². The van der Waals surface area contributed by atoms with Crippen molar-refractivity contribution in [2.45, 2.75) is 34.6 Å². The Hall–Kier alpha value is -2.53. The molecule has 27 heavy (non-hydrogen) atoms. The zero-order chi connectivity index (χ0) is 20.2. The third-order valence-corrected chi connectivity index (χ3v) is 4.53. The molecule has 5 nitrogen and oxygen atoms in total. The van der Waals surface area contributed by atoms with Crippen molar-refractivity contribution in [3.05, 3.63) is 52.5 Å². The van der Waals surface area contributed by atoms with Gasteiger partial charge in [-0.1, -0.05) is 17.7 Å². The van der Waals surface area contributed by atoms with Gasteiger partial charge in [0.25, 0.3) is 0 Å². The summed E-state index contributed by atoms with van der Waals surface area (Å²) >= 11 is 6.25. The Balaban J connectivity index is 2.11. The molecule has 0 radical (unpaired) electrons. The lowest BCUT2D eigenvalue weighted by atomic mass is 9.90. The van der Waals surface area contributed by atoms with Gasteiger partial charge in [0, 0.05) is 5.69 Å². The quantitative estimate of drug-likeness (QED) is 0.687. The molecule has 0 spiro atoms. The summed E-state index contributed by atoms with van der Waals surface area (Å²) in [6.07, 6.45) is 0. The Morgan fingerprint density at radius 2 is 1.63 bits per heavy atom. The van der Waals surface area contributed by atoms with E-state index in [1.807, 2.05) is 26.8 Å². The molecule has 0 saturated carbocycles. The van der Waals surface area contributed by atoms with E-state index in [0.717, 1.165) is 16.9 Å². The minimum atomic E-state index is -1.29. The number of carbonyl (C=O) groups excluding carboxylic acids is 2. The van der Waals surface area contributed by atoms with E-state index in [1.54, 1.807) is 44.2 Å². The van der Waals surface area contributed by atoms with E-state index in [0.29, 0.717) is 23.0 Å². The summed E-state index contributed by atoms with van der Waals surface area (Å²) in [7, 11) is 0. The first-order chi connectivity index (χ1) is 12.6. The minimum absolute atomic E-state index is 0.412. The number of ether oxygens (including phenoxy) is 1. The van der Waals surface area contributed by atoms with Crippen LogP contribution in [0.2, 0.25) is 5.02 Å². The predicted octanol–water partition coefficient (Wildman–Crippen LogP) is 4.96. The number of hydrogen-bond donors (Lipinski definition) is 2. The summed E-state index contributed by atoms with van der Waals surface area (Å²) in [5, 5.41) is 6.00. The molecule has 0 aromatic heterocycles. The number of carbonyl (C=O) groups is 2. The van der Waals surface area contributed by atoms with Crippen LogP contribution in [0.1, 0.15) is 31.9 Å². The van der Waals surface area contributed by atoms with Crippen molar-refractivity contribution in [3.8, 4) is 5.75 Å². The van der Waals surface area contributed by atoms with Gasteiger partial charge in [-0.3, -0.25) is 9.59 Å². The Labute approximate surface area is 165 Å². The van der Waals surface area contributed by atoms with Gasteiger partial charge < -0.3 is 15.4 Å². The van der Waals surface area contributed by atoms with Crippen LogP contribution in [0.4, 0.5) is 11.4 Å². The van der Waals surface area contributed by atoms with Gasteiger partial charge >= 0.3 is 0 Å². The number of amides is 2. The summed E-state index contributed by atoms with van der Waals surface area (Å²) < 4.78 is 5.38. The Morgan fingerprint density at radius 1 is 1.04 bits per heavy atom. The number of aryl methyl sites for hydroxylation is 2. The molecule has 0 aliphatic heterocycles. The smallest absolute Gasteiger partial charge is 0.239 e. The first kappa shape index (κ1) is 20.8. The lowest BCUT2D eigenvalue weighted by molar-refractivity contribution is -0.135. The van der Waals surface area contributed by atoms with Crippen LogP contribution in [0.25, 0.3) is 0 Å². The van der Waals surface area contributed by atoms with Crippen molar-refractivity contribution in [1.82, 2.24) is 0 Å². The first-order valence-corrected chi connectivity index (χ1v) is 9.15. The van der Waals surface area contributed by atoms with E-state index < -0.39 is 17.2 Å². The molecular weight excluding hydrogens is 364 g/mol. The molecule has 144 valence electrons. The lowest BCUT2D eigenvalue weighted by Gasteiger charge is -2.24. The van der Waals surface area contributed by atoms with Crippen molar-refractivity contribution in [3.63, 3.8) is 0 Å². The molecule has 0 fully saturated rings. The predicted molar refractivity (Wildman–Crippen MR) is 110 cm³/mol. The zero-order valence-corrected chi connectivity index (χ0v) is 17.0. The Morgan fingerprint density at radius 3 is 2.19 bits per heavy atom. The Kier molecular flexibility index (Phi) is 6.50. The maximum atomic E-state index is 12.7. The van der Waals surface area contributed by atoms with Gasteiger partial charge in [-0.05, 0) is 76.1 Å². The molecule has 2 amide bonds. The average molecular weight is 389 g/mol. The topological polar surface area (TPSA) is 67.4 Å². The monoisotopic (exact) mass is 388 g/mol. The van der Waals surface area contributed by atoms with Crippen LogP contribution in [0.5, 0.6) is 5.75 Å². The number of halogens is 1. The summed E-state index contributed by atoms with van der Waals surface area (Å²) in [5.74, 6) is -0.123. The molecule has 0 unspecified atom stereocenters. The van der Waals surface area contributed by atoms with Crippen LogP contribution < -0.4 is 15.4 Å². The third-order valence-electron chi connectivity index (χ3n) is 4.23. The molecule has 2 rings (SSSR count). The molecular formula is C21H25ClN2O3. The van der Waals surface area contributed by atoms with E-state index in [2.05, 4.69) is 10.6 Å². The van der Waals surface area contributed by atoms with E-state index in [1.165, 1.54) is 0 Å². The highest BCUT2D eigenvalue weighted by Gasteiger charge is 2.36. The standard InChI is InChI=1S/C21H25ClN2O3/c1-6-27-16-9-7-15(8-10-16)23-19(25)21(4,5)20(26)24-18-14(3)11-13(2)12-17(18)22/h7-12H,6H2,1-5H3,(H,23,25)(H,24,26). The summed E-state index contributed by atoms with van der Waals surface area (Å²) in [4.78, 5) is 25.4. The van der Waals surface area contributed by atoms with Crippen LogP contribution in [-0.2, 0) is 9.59 Å². The highest BCUT2D eigenvalue weighted by molar-refractivity contribution is 6.34. The average Bonchev–Trinajstić information content (AvgIpc) is 2.59. The van der Waals surface area contributed by atoms with Gasteiger partial charge in [0.1, 0.15) is 11.2 Å². The van der Waals surface area contributed by atoms with Crippen molar-refractivity contribution >= 4 is 34.8 Å². The van der Waals surface area contributed by atoms with Gasteiger partial charge in [0.05, 0.1) is 17.3 Å². The van der Waals surface area contributed by atoms with Crippen LogP contribution in [0.15, 0.2) is 36.4 Å². The maximum absolute atomic E-state index is 12.7. The Bertz CT molecular complexity index is 822. The number of nitrogens with one attached hydrogen (secondary N) is 2. The van der Waals surface area contributed by atoms with Crippen LogP contribution >= 0.6 is 11.6 Å². The summed E-state index contributed by atoms with van der Waals surface area (Å²) in [5.41, 5.74) is 1.67. The second-order valence-electron chi connectivity index (χ2n) is 6.93. The number of anilines is 2. The largest absolute Gasteiger partial charge is 0.494 e. The fraction of sp³-hybridized carbons (Fsp3) is 0.333. The minimum Gasteiger partial charge on any atom is -0.494 e. The van der Waals surface area contributed by atoms with Gasteiger partial charge in [-0.2, -0.15) is 0 Å². The SMILES string of the molecule is CCOc1ccc(NC(=O)C(C)(C)C(=O)Nc2c(C)cc(C)cc2Cl)cc1. The number of hydrogen-bond acceptors (Lipinski definition) is 3. The molecule has 2 aromatic carbocycles. The molecule has 0 atom stereocenters. The van der Waals surface area contributed by atoms with Crippen LogP contribution in [-0.4, -0.2) is 18.4 Å². The normalized spacial score (nSPS) is 11.0. The molecule has 2 aromatic rings. The molecule has 0 bridgehead atoms. The molecule has 0 heterocycles. The van der Waals surface area contributed by atoms with Crippen molar-refractivity contribution in [1.29, 1.82) is 0 Å². The number of benzene rings is 2. The van der Waals surface area contributed by atoms with Crippen molar-refractivity contribution < 1.29 is 14.3 Å². The molecule has 6 heteroatoms. The third kappa shape index (κ3) is 5.01. The van der Waals surface area contributed by atoms with Crippen molar-refractivity contribution in [2.75, 3.05) is 17.2 Å². The van der Waals surface area contributed by atoms with Gasteiger partial charge in [-0.25, -0.2) is 0 Å². The van der Waals surface area contributed by atoms with Gasteiger partial charge in [-0.15, -0.1) is 0 Å². The maximum Gasteiger partial charge on any atom is 0.239 e. The van der Waals surface area contributed by atoms with Gasteiger partial charge in [0.15, 0.2) is 0 Å². The highest BCUT2D eigenvalue weighted by atomic mass is 35.5. The highest BCUT2D eigenvalue weighted by Crippen LogP contribution is 2.30. The fourth-order valence-corrected chi connectivity index (χ4v) is 2.90. The molecule has 2 N–H and O–H groups in total. The van der Waals surface area contributed by atoms with Crippen LogP contribution in [0.3, 0.4) is 0 Å². The second-order valence-corrected chi connectivity index (χ2v) is 7.34. The zero-order valence-electron chi connectivity index (χ0n) is 16.3. The molecule has 0 saturated heterocycles. The summed E-state index contributed by atoms with van der Waals surface area (Å²) in [6, 6.07) is 10.7. The van der Waals surface area contributed by atoms with E-state index in [4.69, 9.17) is 16.3 Å². The van der Waals surface area contributed by atoms with E-state index >= 15 is 0 Å². The van der Waals surface area contributed by atoms with Crippen LogP contribution in [0, 0.1) is 19.3 Å². The summed E-state index contributed by atoms with van der Waals surface area (Å²) in [6.45, 7) is 9.41. The first-order valence-electron chi connectivity index (χ1n) is 8.77. The van der Waals surface area contributed by atoms with E-state index in [9.17, 15) is 9.59 Å².